The van der Waals surface area contributed by atoms with Gasteiger partial charge in [-0.3, -0.25) is 4.79 Å². The van der Waals surface area contributed by atoms with Crippen LogP contribution >= 0.6 is 0 Å². The van der Waals surface area contributed by atoms with E-state index in [0.29, 0.717) is 0 Å². The second-order valence-corrected chi connectivity index (χ2v) is 5.05. The first-order valence-corrected chi connectivity index (χ1v) is 6.02. The van der Waals surface area contributed by atoms with Crippen molar-refractivity contribution in [1.29, 1.82) is 0 Å². The number of hydrogen-bond donors (Lipinski definition) is 1. The summed E-state index contributed by atoms with van der Waals surface area (Å²) in [4.78, 5) is 14.2. The lowest BCUT2D eigenvalue weighted by Gasteiger charge is -2.36. The van der Waals surface area contributed by atoms with Gasteiger partial charge in [0.25, 0.3) is 0 Å². The van der Waals surface area contributed by atoms with Gasteiger partial charge in [-0.15, -0.1) is 0 Å². The Kier molecular flexibility index (Phi) is 3.77. The highest BCUT2D eigenvalue weighted by molar-refractivity contribution is 5.80. The van der Waals surface area contributed by atoms with E-state index in [4.69, 9.17) is 5.73 Å². The molecule has 3 heteroatoms. The molecule has 0 aromatic rings. The van der Waals surface area contributed by atoms with Crippen LogP contribution in [0.15, 0.2) is 0 Å². The van der Waals surface area contributed by atoms with E-state index in [9.17, 15) is 4.79 Å². The summed E-state index contributed by atoms with van der Waals surface area (Å²) in [6.07, 6.45) is 2.78. The van der Waals surface area contributed by atoms with Gasteiger partial charge in [0.05, 0.1) is 5.54 Å². The van der Waals surface area contributed by atoms with Gasteiger partial charge in [-0.2, -0.15) is 0 Å². The number of carbonyl (C=O) groups is 1. The van der Waals surface area contributed by atoms with Crippen molar-refractivity contribution >= 4 is 5.91 Å². The third-order valence-electron chi connectivity index (χ3n) is 3.87. The maximum absolute atomic E-state index is 12.2. The van der Waals surface area contributed by atoms with E-state index in [1.165, 1.54) is 0 Å². The van der Waals surface area contributed by atoms with Crippen LogP contribution < -0.4 is 5.73 Å². The molecule has 1 atom stereocenters. The second kappa shape index (κ2) is 4.52. The van der Waals surface area contributed by atoms with E-state index < -0.39 is 0 Å². The number of likely N-dealkylation sites (tertiary alicyclic amines) is 1. The minimum atomic E-state index is -0.167. The topological polar surface area (TPSA) is 46.3 Å². The molecule has 0 radical (unpaired) electrons. The summed E-state index contributed by atoms with van der Waals surface area (Å²) in [6, 6.07) is 0.121. The minimum Gasteiger partial charge on any atom is -0.336 e. The maximum Gasteiger partial charge on any atom is 0.226 e. The molecule has 1 rings (SSSR count). The molecule has 1 heterocycles. The van der Waals surface area contributed by atoms with E-state index in [2.05, 4.69) is 27.7 Å². The Balaban J connectivity index is 2.76. The van der Waals surface area contributed by atoms with E-state index in [1.54, 1.807) is 0 Å². The Morgan fingerprint density at radius 3 is 2.33 bits per heavy atom. The van der Waals surface area contributed by atoms with Crippen LogP contribution in [0.3, 0.4) is 0 Å². The normalized spacial score (nSPS) is 24.9. The second-order valence-electron chi connectivity index (χ2n) is 5.05. The van der Waals surface area contributed by atoms with Gasteiger partial charge in [0, 0.05) is 18.5 Å². The van der Waals surface area contributed by atoms with Crippen LogP contribution in [-0.4, -0.2) is 28.9 Å². The summed E-state index contributed by atoms with van der Waals surface area (Å²) in [5.41, 5.74) is 5.86. The predicted molar refractivity (Wildman–Crippen MR) is 62.5 cm³/mol. The number of hydrogen-bond acceptors (Lipinski definition) is 2. The molecular formula is C12H24N2O. The van der Waals surface area contributed by atoms with Gasteiger partial charge in [-0.1, -0.05) is 13.8 Å². The monoisotopic (exact) mass is 212 g/mol. The fourth-order valence-electron chi connectivity index (χ4n) is 2.36. The van der Waals surface area contributed by atoms with Crippen molar-refractivity contribution in [3.8, 4) is 0 Å². The molecule has 0 aliphatic carbocycles. The molecule has 0 spiro atoms. The number of nitrogens with zero attached hydrogens (tertiary/aromatic N) is 1. The van der Waals surface area contributed by atoms with Gasteiger partial charge in [-0.25, -0.2) is 0 Å². The van der Waals surface area contributed by atoms with Crippen LogP contribution in [0.1, 0.15) is 47.0 Å². The van der Waals surface area contributed by atoms with Gasteiger partial charge in [0.2, 0.25) is 5.91 Å². The standard InChI is InChI=1S/C12H24N2O/c1-5-9(6-2)11(15)14-8-7-10(13)12(14,3)4/h9-10H,5-8,13H2,1-4H3. The van der Waals surface area contributed by atoms with Crippen molar-refractivity contribution in [3.05, 3.63) is 0 Å². The fraction of sp³-hybridized carbons (Fsp3) is 0.917. The zero-order valence-electron chi connectivity index (χ0n) is 10.4. The summed E-state index contributed by atoms with van der Waals surface area (Å²) in [6.45, 7) is 9.13. The third-order valence-corrected chi connectivity index (χ3v) is 3.87. The third kappa shape index (κ3) is 2.17. The largest absolute Gasteiger partial charge is 0.336 e. The van der Waals surface area contributed by atoms with Crippen LogP contribution in [0.4, 0.5) is 0 Å². The average molecular weight is 212 g/mol. The Hall–Kier alpha value is -0.570. The summed E-state index contributed by atoms with van der Waals surface area (Å²) in [5, 5.41) is 0. The molecule has 0 aromatic carbocycles. The van der Waals surface area contributed by atoms with Gasteiger partial charge in [0.15, 0.2) is 0 Å². The van der Waals surface area contributed by atoms with Gasteiger partial charge < -0.3 is 10.6 Å². The van der Waals surface area contributed by atoms with Crippen LogP contribution in [-0.2, 0) is 4.79 Å². The van der Waals surface area contributed by atoms with Crippen LogP contribution in [0.5, 0.6) is 0 Å². The van der Waals surface area contributed by atoms with Crippen LogP contribution in [0, 0.1) is 5.92 Å². The number of rotatable bonds is 3. The first kappa shape index (κ1) is 12.5. The molecule has 0 saturated carbocycles. The zero-order chi connectivity index (χ0) is 11.6. The Morgan fingerprint density at radius 1 is 1.47 bits per heavy atom. The molecule has 3 nitrogen and oxygen atoms in total. The Bertz CT molecular complexity index is 234. The van der Waals surface area contributed by atoms with E-state index in [-0.39, 0.29) is 23.4 Å². The summed E-state index contributed by atoms with van der Waals surface area (Å²) >= 11 is 0. The van der Waals surface area contributed by atoms with Crippen molar-refractivity contribution in [2.75, 3.05) is 6.54 Å². The lowest BCUT2D eigenvalue weighted by atomic mass is 9.94. The minimum absolute atomic E-state index is 0.121. The van der Waals surface area contributed by atoms with Crippen molar-refractivity contribution in [1.82, 2.24) is 4.90 Å². The van der Waals surface area contributed by atoms with Gasteiger partial charge in [0.1, 0.15) is 0 Å². The molecule has 1 amide bonds. The lowest BCUT2D eigenvalue weighted by molar-refractivity contribution is -0.139. The maximum atomic E-state index is 12.2. The highest BCUT2D eigenvalue weighted by atomic mass is 16.2. The molecule has 1 aliphatic rings. The summed E-state index contributed by atoms with van der Waals surface area (Å²) in [7, 11) is 0. The molecule has 0 aromatic heterocycles. The number of carbonyl (C=O) groups excluding carboxylic acids is 1. The molecule has 0 bridgehead atoms. The molecule has 15 heavy (non-hydrogen) atoms. The molecular weight excluding hydrogens is 188 g/mol. The van der Waals surface area contributed by atoms with Gasteiger partial charge in [-0.05, 0) is 33.1 Å². The fourth-order valence-corrected chi connectivity index (χ4v) is 2.36. The highest BCUT2D eigenvalue weighted by Gasteiger charge is 2.42. The number of nitrogens with two attached hydrogens (primary N) is 1. The Morgan fingerprint density at radius 2 is 2.00 bits per heavy atom. The van der Waals surface area contributed by atoms with E-state index in [1.807, 2.05) is 4.90 Å². The molecule has 1 fully saturated rings. The molecule has 88 valence electrons. The van der Waals surface area contributed by atoms with E-state index >= 15 is 0 Å². The highest BCUT2D eigenvalue weighted by Crippen LogP contribution is 2.30. The predicted octanol–water partition coefficient (Wildman–Crippen LogP) is 1.76. The first-order chi connectivity index (χ1) is 6.95. The number of amides is 1. The summed E-state index contributed by atoms with van der Waals surface area (Å²) < 4.78 is 0. The van der Waals surface area contributed by atoms with Crippen molar-refractivity contribution in [2.24, 2.45) is 11.7 Å². The zero-order valence-corrected chi connectivity index (χ0v) is 10.4. The van der Waals surface area contributed by atoms with Crippen LogP contribution in [0.25, 0.3) is 0 Å². The van der Waals surface area contributed by atoms with E-state index in [0.717, 1.165) is 25.8 Å². The first-order valence-electron chi connectivity index (χ1n) is 6.02. The van der Waals surface area contributed by atoms with Crippen LogP contribution in [0.2, 0.25) is 0 Å². The van der Waals surface area contributed by atoms with Crippen molar-refractivity contribution in [2.45, 2.75) is 58.5 Å². The Labute approximate surface area is 93.0 Å². The molecule has 1 unspecified atom stereocenters. The summed E-state index contributed by atoms with van der Waals surface area (Å²) in [5.74, 6) is 0.465. The average Bonchev–Trinajstić information content (AvgIpc) is 2.44. The van der Waals surface area contributed by atoms with Crippen molar-refractivity contribution < 1.29 is 4.79 Å². The molecule has 1 aliphatic heterocycles. The lowest BCUT2D eigenvalue weighted by Crippen LogP contribution is -2.52. The smallest absolute Gasteiger partial charge is 0.226 e. The van der Waals surface area contributed by atoms with Crippen molar-refractivity contribution in [3.63, 3.8) is 0 Å². The molecule has 2 N–H and O–H groups in total. The quantitative estimate of drug-likeness (QED) is 0.775. The SMILES string of the molecule is CCC(CC)C(=O)N1CCC(N)C1(C)C. The van der Waals surface area contributed by atoms with Gasteiger partial charge >= 0.3 is 0 Å². The molecule has 1 saturated heterocycles.